The Bertz CT molecular complexity index is 872. The molecule has 3 rings (SSSR count). The number of fused-ring (bicyclic) bond motifs is 1. The second-order valence-corrected chi connectivity index (χ2v) is 6.57. The Labute approximate surface area is 144 Å². The molecule has 0 amide bonds. The van der Waals surface area contributed by atoms with E-state index in [9.17, 15) is 9.59 Å². The summed E-state index contributed by atoms with van der Waals surface area (Å²) in [6.45, 7) is 6.03. The molecule has 0 radical (unpaired) electrons. The lowest BCUT2D eigenvalue weighted by atomic mass is 9.91. The van der Waals surface area contributed by atoms with E-state index in [2.05, 4.69) is 38.4 Å². The van der Waals surface area contributed by atoms with Gasteiger partial charge in [-0.15, -0.1) is 0 Å². The lowest BCUT2D eigenvalue weighted by Gasteiger charge is -2.12. The van der Waals surface area contributed by atoms with E-state index in [-0.39, 0.29) is 10.0 Å². The first kappa shape index (κ1) is 15.2. The fraction of sp³-hybridized carbons (Fsp3) is 0.0588. The van der Waals surface area contributed by atoms with Crippen LogP contribution in [0, 0.1) is 6.92 Å². The van der Waals surface area contributed by atoms with Gasteiger partial charge in [-0.2, -0.15) is 0 Å². The molecule has 0 N–H and O–H groups in total. The maximum Gasteiger partial charge on any atom is 0.241 e. The van der Waals surface area contributed by atoms with Gasteiger partial charge in [-0.1, -0.05) is 36.4 Å². The number of carbonyl (C=O) groups excluding carboxylic acids is 2. The number of furan rings is 1. The van der Waals surface area contributed by atoms with E-state index in [0.29, 0.717) is 21.4 Å². The van der Waals surface area contributed by atoms with E-state index in [0.717, 1.165) is 11.1 Å². The van der Waals surface area contributed by atoms with Crippen LogP contribution in [0.4, 0.5) is 0 Å². The Morgan fingerprint density at radius 2 is 1.86 bits per heavy atom. The van der Waals surface area contributed by atoms with Gasteiger partial charge in [-0.05, 0) is 49.9 Å². The van der Waals surface area contributed by atoms with Crippen LogP contribution in [0.25, 0.3) is 10.1 Å². The summed E-state index contributed by atoms with van der Waals surface area (Å²) in [4.78, 5) is 24.3. The Hall–Kier alpha value is -1.72. The normalized spacial score (nSPS) is 14.3. The molecular weight excluding hydrogens is 412 g/mol. The number of benzene rings is 1. The van der Waals surface area contributed by atoms with Crippen molar-refractivity contribution < 1.29 is 14.0 Å². The highest BCUT2D eigenvalue weighted by Gasteiger charge is 2.36. The molecule has 5 heteroatoms. The molecule has 3 nitrogen and oxygen atoms in total. The number of Topliss-reactive ketones (excluding diaryl/α,β-unsaturated/α-hetero) is 2. The molecule has 22 heavy (non-hydrogen) atoms. The van der Waals surface area contributed by atoms with Crippen LogP contribution in [-0.2, 0) is 4.79 Å². The van der Waals surface area contributed by atoms with Gasteiger partial charge >= 0.3 is 0 Å². The quantitative estimate of drug-likeness (QED) is 0.649. The van der Waals surface area contributed by atoms with Gasteiger partial charge in [0, 0.05) is 5.56 Å². The number of halogens is 2. The number of hydrogen-bond acceptors (Lipinski definition) is 3. The molecule has 0 saturated carbocycles. The van der Waals surface area contributed by atoms with E-state index in [1.54, 1.807) is 0 Å². The van der Waals surface area contributed by atoms with Gasteiger partial charge in [0.1, 0.15) is 0 Å². The summed E-state index contributed by atoms with van der Waals surface area (Å²) in [5.41, 5.74) is 3.41. The van der Waals surface area contributed by atoms with Crippen LogP contribution in [0.5, 0.6) is 0 Å². The maximum absolute atomic E-state index is 12.3. The van der Waals surface area contributed by atoms with Crippen molar-refractivity contribution in [3.8, 4) is 0 Å². The molecule has 0 unspecified atom stereocenters. The van der Waals surface area contributed by atoms with Gasteiger partial charge in [0.05, 0.1) is 20.8 Å². The van der Waals surface area contributed by atoms with Crippen molar-refractivity contribution in [2.24, 2.45) is 0 Å². The van der Waals surface area contributed by atoms with Crippen molar-refractivity contribution in [3.63, 3.8) is 0 Å². The Balaban J connectivity index is 2.17. The number of allylic oxidation sites excluding steroid dienone is 1. The second-order valence-electron chi connectivity index (χ2n) is 4.99. The minimum absolute atomic E-state index is 0.173. The summed E-state index contributed by atoms with van der Waals surface area (Å²) in [5, 5.41) is 0. The Kier molecular flexibility index (Phi) is 3.78. The molecule has 0 spiro atoms. The van der Waals surface area contributed by atoms with E-state index >= 15 is 0 Å². The third-order valence-electron chi connectivity index (χ3n) is 3.51. The Morgan fingerprint density at radius 1 is 1.14 bits per heavy atom. The number of rotatable bonds is 2. The molecule has 1 aromatic heterocycles. The molecule has 0 fully saturated rings. The highest BCUT2D eigenvalue weighted by Crippen LogP contribution is 2.41. The van der Waals surface area contributed by atoms with Gasteiger partial charge in [0.15, 0.2) is 5.76 Å². The molecule has 1 aliphatic carbocycles. The van der Waals surface area contributed by atoms with Crippen molar-refractivity contribution in [2.75, 3.05) is 0 Å². The standard InChI is InChI=1S/C17H10Br2O3/c1-8-4-3-5-10(6-8)9(2)11-7-22-17-12(11)15(20)16(21)13(18)14(17)19/h3-7H,2H2,1H3. The third-order valence-corrected chi connectivity index (χ3v) is 5.55. The summed E-state index contributed by atoms with van der Waals surface area (Å²) >= 11 is 6.40. The summed E-state index contributed by atoms with van der Waals surface area (Å²) in [7, 11) is 0. The van der Waals surface area contributed by atoms with Crippen molar-refractivity contribution >= 4 is 53.5 Å². The van der Waals surface area contributed by atoms with Crippen molar-refractivity contribution in [3.05, 3.63) is 69.6 Å². The minimum atomic E-state index is -0.598. The fourth-order valence-electron chi connectivity index (χ4n) is 2.37. The number of ketones is 2. The summed E-state index contributed by atoms with van der Waals surface area (Å²) in [5.74, 6) is -0.845. The first-order valence-corrected chi connectivity index (χ1v) is 8.03. The number of carbonyl (C=O) groups is 2. The lowest BCUT2D eigenvalue weighted by molar-refractivity contribution is -0.111. The van der Waals surface area contributed by atoms with Gasteiger partial charge in [0.25, 0.3) is 0 Å². The van der Waals surface area contributed by atoms with Crippen LogP contribution in [0.15, 0.2) is 46.0 Å². The fourth-order valence-corrected chi connectivity index (χ4v) is 3.20. The van der Waals surface area contributed by atoms with Crippen LogP contribution < -0.4 is 0 Å². The zero-order chi connectivity index (χ0) is 16.0. The van der Waals surface area contributed by atoms with Crippen molar-refractivity contribution in [2.45, 2.75) is 6.92 Å². The summed E-state index contributed by atoms with van der Waals surface area (Å²) in [6, 6.07) is 7.77. The third kappa shape index (κ3) is 2.25. The first-order chi connectivity index (χ1) is 10.4. The van der Waals surface area contributed by atoms with E-state index in [1.165, 1.54) is 6.26 Å². The topological polar surface area (TPSA) is 47.3 Å². The molecular formula is C17H10Br2O3. The molecule has 0 bridgehead atoms. The molecule has 1 heterocycles. The number of hydrogen-bond donors (Lipinski definition) is 0. The second kappa shape index (κ2) is 5.48. The largest absolute Gasteiger partial charge is 0.462 e. The zero-order valence-corrected chi connectivity index (χ0v) is 14.7. The molecule has 110 valence electrons. The van der Waals surface area contributed by atoms with Gasteiger partial charge in [-0.25, -0.2) is 0 Å². The molecule has 2 aromatic rings. The van der Waals surface area contributed by atoms with Crippen LogP contribution >= 0.6 is 31.9 Å². The van der Waals surface area contributed by atoms with Crippen LogP contribution in [0.3, 0.4) is 0 Å². The van der Waals surface area contributed by atoms with Gasteiger partial charge in [-0.3, -0.25) is 9.59 Å². The molecule has 1 aromatic carbocycles. The highest BCUT2D eigenvalue weighted by molar-refractivity contribution is 9.16. The molecule has 0 atom stereocenters. The zero-order valence-electron chi connectivity index (χ0n) is 11.6. The van der Waals surface area contributed by atoms with Gasteiger partial charge < -0.3 is 4.42 Å². The summed E-state index contributed by atoms with van der Waals surface area (Å²) < 4.78 is 6.11. The average molecular weight is 422 g/mol. The van der Waals surface area contributed by atoms with Crippen molar-refractivity contribution in [1.82, 2.24) is 0 Å². The van der Waals surface area contributed by atoms with Crippen LogP contribution in [0.1, 0.15) is 32.8 Å². The lowest BCUT2D eigenvalue weighted by Crippen LogP contribution is -2.20. The van der Waals surface area contributed by atoms with Crippen LogP contribution in [-0.4, -0.2) is 11.6 Å². The molecule has 1 aliphatic rings. The average Bonchev–Trinajstić information content (AvgIpc) is 2.95. The Morgan fingerprint density at radius 3 is 2.55 bits per heavy atom. The van der Waals surface area contributed by atoms with Gasteiger partial charge in [0.2, 0.25) is 11.6 Å². The number of aryl methyl sites for hydroxylation is 1. The van der Waals surface area contributed by atoms with Crippen LogP contribution in [0.2, 0.25) is 0 Å². The minimum Gasteiger partial charge on any atom is -0.462 e. The predicted molar refractivity (Wildman–Crippen MR) is 92.1 cm³/mol. The van der Waals surface area contributed by atoms with E-state index in [4.69, 9.17) is 4.42 Å². The molecule has 0 saturated heterocycles. The maximum atomic E-state index is 12.3. The summed E-state index contributed by atoms with van der Waals surface area (Å²) in [6.07, 6.45) is 1.47. The molecule has 0 aliphatic heterocycles. The SMILES string of the molecule is C=C(c1cccc(C)c1)c1coc2c1C(=O)C(=O)C(Br)=C2Br. The van der Waals surface area contributed by atoms with E-state index in [1.807, 2.05) is 31.2 Å². The predicted octanol–water partition coefficient (Wildman–Crippen LogP) is 4.87. The monoisotopic (exact) mass is 420 g/mol. The highest BCUT2D eigenvalue weighted by atomic mass is 79.9. The smallest absolute Gasteiger partial charge is 0.241 e. The van der Waals surface area contributed by atoms with E-state index < -0.39 is 11.6 Å². The van der Waals surface area contributed by atoms with Crippen molar-refractivity contribution in [1.29, 1.82) is 0 Å². The first-order valence-electron chi connectivity index (χ1n) is 6.44.